The van der Waals surface area contributed by atoms with Gasteiger partial charge < -0.3 is 9.47 Å². The van der Waals surface area contributed by atoms with E-state index >= 15 is 0 Å². The quantitative estimate of drug-likeness (QED) is 0.426. The highest BCUT2D eigenvalue weighted by Gasteiger charge is 2.08. The van der Waals surface area contributed by atoms with Crippen molar-refractivity contribution in [2.24, 2.45) is 0 Å². The molecular weight excluding hydrogens is 288 g/mol. The van der Waals surface area contributed by atoms with Crippen molar-refractivity contribution in [1.82, 2.24) is 0 Å². The summed E-state index contributed by atoms with van der Waals surface area (Å²) in [4.78, 5) is 12.0. The molecule has 0 aromatic heterocycles. The Bertz CT molecular complexity index is 673. The van der Waals surface area contributed by atoms with Crippen molar-refractivity contribution >= 4 is 5.97 Å². The summed E-state index contributed by atoms with van der Waals surface area (Å²) >= 11 is 0. The van der Waals surface area contributed by atoms with Gasteiger partial charge in [-0.05, 0) is 37.6 Å². The number of carbonyl (C=O) groups excluding carboxylic acids is 1. The van der Waals surface area contributed by atoms with E-state index in [1.807, 2.05) is 43.3 Å². The van der Waals surface area contributed by atoms with Crippen LogP contribution in [0.2, 0.25) is 0 Å². The number of esters is 1. The summed E-state index contributed by atoms with van der Waals surface area (Å²) < 4.78 is 11.0. The lowest BCUT2D eigenvalue weighted by Gasteiger charge is -2.11. The summed E-state index contributed by atoms with van der Waals surface area (Å²) in [6.07, 6.45) is 4.83. The number of ether oxygens (including phenoxy) is 2. The molecule has 0 unspecified atom stereocenters. The van der Waals surface area contributed by atoms with Crippen LogP contribution >= 0.6 is 0 Å². The number of hydrogen-bond donors (Lipinski definition) is 0. The van der Waals surface area contributed by atoms with E-state index in [2.05, 4.69) is 0 Å². The first-order valence-electron chi connectivity index (χ1n) is 7.51. The zero-order valence-electron chi connectivity index (χ0n) is 13.3. The lowest BCUT2D eigenvalue weighted by Crippen LogP contribution is -2.03. The van der Waals surface area contributed by atoms with E-state index in [0.29, 0.717) is 11.3 Å². The molecule has 0 saturated heterocycles. The van der Waals surface area contributed by atoms with Crippen molar-refractivity contribution in [2.75, 3.05) is 0 Å². The largest absolute Gasteiger partial charge is 0.493 e. The molecule has 118 valence electrons. The monoisotopic (exact) mass is 308 g/mol. The summed E-state index contributed by atoms with van der Waals surface area (Å²) in [5.41, 5.74) is 1.60. The Morgan fingerprint density at radius 1 is 1.00 bits per heavy atom. The molecule has 0 aliphatic heterocycles. The number of hydrogen-bond acceptors (Lipinski definition) is 3. The van der Waals surface area contributed by atoms with Crippen LogP contribution in [0.25, 0.3) is 0 Å². The van der Waals surface area contributed by atoms with Crippen LogP contribution < -0.4 is 0 Å². The molecule has 0 saturated carbocycles. The van der Waals surface area contributed by atoms with Gasteiger partial charge in [-0.15, -0.1) is 0 Å². The molecule has 3 heteroatoms. The van der Waals surface area contributed by atoms with Crippen LogP contribution in [0.5, 0.6) is 0 Å². The van der Waals surface area contributed by atoms with Crippen LogP contribution in [0.15, 0.2) is 84.8 Å². The van der Waals surface area contributed by atoms with E-state index in [0.717, 1.165) is 5.56 Å². The Hall–Kier alpha value is -2.81. The average Bonchev–Trinajstić information content (AvgIpc) is 2.62. The minimum atomic E-state index is -0.389. The van der Waals surface area contributed by atoms with Gasteiger partial charge in [-0.3, -0.25) is 0 Å². The molecule has 1 atom stereocenters. The molecular formula is C20H20O3. The highest BCUT2D eigenvalue weighted by Crippen LogP contribution is 2.16. The number of rotatable bonds is 6. The molecule has 0 N–H and O–H groups in total. The fourth-order valence-electron chi connectivity index (χ4n) is 1.96. The van der Waals surface area contributed by atoms with Crippen LogP contribution in [-0.4, -0.2) is 5.97 Å². The van der Waals surface area contributed by atoms with Gasteiger partial charge in [-0.1, -0.05) is 48.5 Å². The molecule has 3 nitrogen and oxygen atoms in total. The molecule has 0 amide bonds. The van der Waals surface area contributed by atoms with Crippen molar-refractivity contribution in [3.05, 3.63) is 96.0 Å². The third kappa shape index (κ3) is 5.15. The summed E-state index contributed by atoms with van der Waals surface area (Å²) in [6.45, 7) is 3.77. The molecule has 0 spiro atoms. The summed E-state index contributed by atoms with van der Waals surface area (Å²) in [7, 11) is 0. The number of carbonyl (C=O) groups is 1. The SMILES string of the molecule is C/C=C(/C=C/O[C@@H](C)c1ccccc1)OC(=O)c1ccccc1. The van der Waals surface area contributed by atoms with E-state index < -0.39 is 0 Å². The van der Waals surface area contributed by atoms with Gasteiger partial charge in [0, 0.05) is 6.08 Å². The first-order chi connectivity index (χ1) is 11.2. The van der Waals surface area contributed by atoms with Crippen LogP contribution in [0, 0.1) is 0 Å². The Kier molecular flexibility index (Phi) is 6.18. The minimum Gasteiger partial charge on any atom is -0.493 e. The lowest BCUT2D eigenvalue weighted by molar-refractivity contribution is 0.0634. The molecule has 0 aliphatic rings. The average molecular weight is 308 g/mol. The van der Waals surface area contributed by atoms with Gasteiger partial charge in [0.15, 0.2) is 0 Å². The second-order valence-corrected chi connectivity index (χ2v) is 4.94. The maximum atomic E-state index is 12.0. The van der Waals surface area contributed by atoms with E-state index in [-0.39, 0.29) is 12.1 Å². The smallest absolute Gasteiger partial charge is 0.343 e. The van der Waals surface area contributed by atoms with Crippen LogP contribution in [0.1, 0.15) is 35.9 Å². The Balaban J connectivity index is 1.91. The number of benzene rings is 2. The third-order valence-electron chi connectivity index (χ3n) is 3.29. The Morgan fingerprint density at radius 3 is 2.22 bits per heavy atom. The molecule has 0 heterocycles. The van der Waals surface area contributed by atoms with Crippen molar-refractivity contribution in [1.29, 1.82) is 0 Å². The molecule has 0 bridgehead atoms. The van der Waals surface area contributed by atoms with E-state index in [1.54, 1.807) is 49.6 Å². The maximum Gasteiger partial charge on any atom is 0.343 e. The zero-order chi connectivity index (χ0) is 16.5. The predicted octanol–water partition coefficient (Wildman–Crippen LogP) is 5.04. The number of allylic oxidation sites excluding steroid dienone is 2. The third-order valence-corrected chi connectivity index (χ3v) is 3.29. The van der Waals surface area contributed by atoms with Crippen molar-refractivity contribution in [3.8, 4) is 0 Å². The second-order valence-electron chi connectivity index (χ2n) is 4.94. The van der Waals surface area contributed by atoms with E-state index in [4.69, 9.17) is 9.47 Å². The van der Waals surface area contributed by atoms with Crippen LogP contribution in [0.3, 0.4) is 0 Å². The lowest BCUT2D eigenvalue weighted by atomic mass is 10.1. The van der Waals surface area contributed by atoms with Gasteiger partial charge in [0.1, 0.15) is 11.9 Å². The fraction of sp³-hybridized carbons (Fsp3) is 0.150. The molecule has 0 radical (unpaired) electrons. The standard InChI is InChI=1S/C20H20O3/c1-3-19(23-20(21)18-12-8-5-9-13-18)14-15-22-16(2)17-10-6-4-7-11-17/h3-16H,1-2H3/b15-14+,19-3-/t16-/m0/s1. The molecule has 2 rings (SSSR count). The van der Waals surface area contributed by atoms with Gasteiger partial charge in [0.2, 0.25) is 0 Å². The van der Waals surface area contributed by atoms with Crippen LogP contribution in [-0.2, 0) is 9.47 Å². The zero-order valence-corrected chi connectivity index (χ0v) is 13.3. The molecule has 2 aromatic rings. The van der Waals surface area contributed by atoms with Crippen molar-refractivity contribution < 1.29 is 14.3 Å². The molecule has 2 aromatic carbocycles. The Labute approximate surface area is 136 Å². The molecule has 0 aliphatic carbocycles. The van der Waals surface area contributed by atoms with Gasteiger partial charge in [-0.25, -0.2) is 4.79 Å². The Morgan fingerprint density at radius 2 is 1.61 bits per heavy atom. The topological polar surface area (TPSA) is 35.5 Å². The van der Waals surface area contributed by atoms with Crippen LogP contribution in [0.4, 0.5) is 0 Å². The summed E-state index contributed by atoms with van der Waals surface area (Å²) in [5.74, 6) is 0.0542. The first kappa shape index (κ1) is 16.6. The molecule has 0 fully saturated rings. The summed E-state index contributed by atoms with van der Waals surface area (Å²) in [6, 6.07) is 18.8. The van der Waals surface area contributed by atoms with Gasteiger partial charge >= 0.3 is 5.97 Å². The second kappa shape index (κ2) is 8.59. The fourth-order valence-corrected chi connectivity index (χ4v) is 1.96. The molecule has 23 heavy (non-hydrogen) atoms. The minimum absolute atomic E-state index is 0.0737. The maximum absolute atomic E-state index is 12.0. The highest BCUT2D eigenvalue weighted by atomic mass is 16.5. The van der Waals surface area contributed by atoms with Crippen molar-refractivity contribution in [2.45, 2.75) is 20.0 Å². The predicted molar refractivity (Wildman–Crippen MR) is 90.7 cm³/mol. The van der Waals surface area contributed by atoms with Crippen molar-refractivity contribution in [3.63, 3.8) is 0 Å². The normalized spacial score (nSPS) is 12.9. The first-order valence-corrected chi connectivity index (χ1v) is 7.51. The van der Waals surface area contributed by atoms with Gasteiger partial charge in [-0.2, -0.15) is 0 Å². The van der Waals surface area contributed by atoms with Gasteiger partial charge in [0.25, 0.3) is 0 Å². The summed E-state index contributed by atoms with van der Waals surface area (Å²) in [5, 5.41) is 0. The van der Waals surface area contributed by atoms with Gasteiger partial charge in [0.05, 0.1) is 11.8 Å². The highest BCUT2D eigenvalue weighted by molar-refractivity contribution is 5.90. The van der Waals surface area contributed by atoms with E-state index in [1.165, 1.54) is 0 Å². The van der Waals surface area contributed by atoms with E-state index in [9.17, 15) is 4.79 Å².